The molecule has 28 heavy (non-hydrogen) atoms. The molecule has 2 aliphatic heterocycles. The molecule has 2 heterocycles. The summed E-state index contributed by atoms with van der Waals surface area (Å²) in [5, 5.41) is 6.84. The number of nitrogens with one attached hydrogen (secondary N) is 2. The largest absolute Gasteiger partial charge is 0.376 e. The van der Waals surface area contributed by atoms with Crippen molar-refractivity contribution in [1.29, 1.82) is 0 Å². The Morgan fingerprint density at radius 3 is 2.82 bits per heavy atom. The predicted octanol–water partition coefficient (Wildman–Crippen LogP) is 2.10. The van der Waals surface area contributed by atoms with E-state index in [1.54, 1.807) is 0 Å². The number of ether oxygens (including phenoxy) is 1. The number of hydrogen-bond acceptors (Lipinski definition) is 4. The first kappa shape index (κ1) is 21.1. The summed E-state index contributed by atoms with van der Waals surface area (Å²) in [6.45, 7) is 10.0. The van der Waals surface area contributed by atoms with Crippen molar-refractivity contribution >= 4 is 5.96 Å². The molecule has 0 amide bonds. The first-order valence-corrected chi connectivity index (χ1v) is 10.9. The van der Waals surface area contributed by atoms with Crippen LogP contribution in [0.3, 0.4) is 0 Å². The van der Waals surface area contributed by atoms with Gasteiger partial charge in [-0.25, -0.2) is 0 Å². The zero-order chi connectivity index (χ0) is 19.6. The molecule has 0 saturated carbocycles. The highest BCUT2D eigenvalue weighted by Crippen LogP contribution is 2.24. The van der Waals surface area contributed by atoms with Crippen molar-refractivity contribution in [2.24, 2.45) is 4.99 Å². The fourth-order valence-electron chi connectivity index (χ4n) is 4.03. The van der Waals surface area contributed by atoms with E-state index in [0.717, 1.165) is 77.6 Å². The summed E-state index contributed by atoms with van der Waals surface area (Å²) in [6.07, 6.45) is 3.70. The second-order valence-electron chi connectivity index (χ2n) is 7.86. The monoisotopic (exact) mass is 387 g/mol. The minimum atomic E-state index is 0.299. The summed E-state index contributed by atoms with van der Waals surface area (Å²) in [6, 6.07) is 11.4. The highest BCUT2D eigenvalue weighted by molar-refractivity contribution is 5.79. The summed E-state index contributed by atoms with van der Waals surface area (Å²) in [7, 11) is 2.22. The fourth-order valence-corrected chi connectivity index (χ4v) is 4.03. The molecular formula is C22H37N5O. The van der Waals surface area contributed by atoms with Crippen molar-refractivity contribution in [3.05, 3.63) is 35.9 Å². The van der Waals surface area contributed by atoms with Gasteiger partial charge >= 0.3 is 0 Å². The van der Waals surface area contributed by atoms with Gasteiger partial charge in [0.05, 0.1) is 12.6 Å². The number of guanidine groups is 1. The van der Waals surface area contributed by atoms with E-state index in [1.165, 1.54) is 5.56 Å². The van der Waals surface area contributed by atoms with Crippen LogP contribution in [0.5, 0.6) is 0 Å². The van der Waals surface area contributed by atoms with Gasteiger partial charge in [0.25, 0.3) is 0 Å². The molecule has 1 aromatic carbocycles. The summed E-state index contributed by atoms with van der Waals surface area (Å²) in [5.74, 6) is 0.913. The van der Waals surface area contributed by atoms with Crippen LogP contribution in [-0.4, -0.2) is 81.3 Å². The molecule has 2 aliphatic rings. The molecule has 1 aromatic rings. The van der Waals surface area contributed by atoms with E-state index in [-0.39, 0.29) is 0 Å². The average molecular weight is 388 g/mol. The van der Waals surface area contributed by atoms with Crippen molar-refractivity contribution in [2.45, 2.75) is 38.3 Å². The maximum absolute atomic E-state index is 5.68. The zero-order valence-corrected chi connectivity index (χ0v) is 17.6. The first-order valence-electron chi connectivity index (χ1n) is 10.9. The number of likely N-dealkylation sites (N-methyl/N-ethyl adjacent to an activating group) is 1. The van der Waals surface area contributed by atoms with Crippen molar-refractivity contribution in [1.82, 2.24) is 20.4 Å². The Hall–Kier alpha value is -1.63. The SMILES string of the molecule is CCNC(=NCC1CCCO1)NCCCN1CCN(C)CC1c1ccccc1. The van der Waals surface area contributed by atoms with Crippen LogP contribution in [0.25, 0.3) is 0 Å². The first-order chi connectivity index (χ1) is 13.8. The maximum Gasteiger partial charge on any atom is 0.191 e. The minimum Gasteiger partial charge on any atom is -0.376 e. The molecule has 0 spiro atoms. The minimum absolute atomic E-state index is 0.299. The standard InChI is InChI=1S/C22H37N5O/c1-3-23-22(25-17-20-11-7-16-28-20)24-12-8-13-27-15-14-26(2)18-21(27)19-9-5-4-6-10-19/h4-6,9-10,20-21H,3,7-8,11-18H2,1-2H3,(H2,23,24,25). The lowest BCUT2D eigenvalue weighted by Gasteiger charge is -2.40. The third kappa shape index (κ3) is 6.47. The van der Waals surface area contributed by atoms with Gasteiger partial charge in [0, 0.05) is 51.9 Å². The quantitative estimate of drug-likeness (QED) is 0.406. The van der Waals surface area contributed by atoms with Crippen LogP contribution < -0.4 is 10.6 Å². The molecule has 156 valence electrons. The summed E-state index contributed by atoms with van der Waals surface area (Å²) in [5.41, 5.74) is 1.42. The van der Waals surface area contributed by atoms with Crippen molar-refractivity contribution < 1.29 is 4.74 Å². The Kier molecular flexibility index (Phi) is 8.58. The second-order valence-corrected chi connectivity index (χ2v) is 7.86. The lowest BCUT2D eigenvalue weighted by molar-refractivity contribution is 0.0891. The Labute approximate surface area is 170 Å². The number of rotatable bonds is 8. The normalized spacial score (nSPS) is 24.4. The molecule has 0 aliphatic carbocycles. The molecule has 0 radical (unpaired) electrons. The fraction of sp³-hybridized carbons (Fsp3) is 0.682. The van der Waals surface area contributed by atoms with Gasteiger partial charge in [-0.2, -0.15) is 0 Å². The Bertz CT molecular complexity index is 588. The molecule has 6 heteroatoms. The number of hydrogen-bond donors (Lipinski definition) is 2. The van der Waals surface area contributed by atoms with Gasteiger partial charge in [-0.3, -0.25) is 9.89 Å². The van der Waals surface area contributed by atoms with Crippen LogP contribution in [0.15, 0.2) is 35.3 Å². The Balaban J connectivity index is 1.45. The van der Waals surface area contributed by atoms with Gasteiger partial charge < -0.3 is 20.3 Å². The number of aliphatic imine (C=N–C) groups is 1. The Morgan fingerprint density at radius 2 is 2.07 bits per heavy atom. The predicted molar refractivity (Wildman–Crippen MR) is 116 cm³/mol. The summed E-state index contributed by atoms with van der Waals surface area (Å²) in [4.78, 5) is 9.77. The second kappa shape index (κ2) is 11.4. The van der Waals surface area contributed by atoms with Crippen LogP contribution in [-0.2, 0) is 4.74 Å². The average Bonchev–Trinajstić information content (AvgIpc) is 3.24. The van der Waals surface area contributed by atoms with E-state index in [4.69, 9.17) is 9.73 Å². The molecule has 0 bridgehead atoms. The molecule has 2 N–H and O–H groups in total. The van der Waals surface area contributed by atoms with Crippen molar-refractivity contribution in [2.75, 3.05) is 59.5 Å². The van der Waals surface area contributed by atoms with Gasteiger partial charge in [-0.1, -0.05) is 30.3 Å². The lowest BCUT2D eigenvalue weighted by atomic mass is 10.0. The van der Waals surface area contributed by atoms with Gasteiger partial charge in [-0.15, -0.1) is 0 Å². The van der Waals surface area contributed by atoms with E-state index >= 15 is 0 Å². The van der Waals surface area contributed by atoms with Crippen LogP contribution in [0.4, 0.5) is 0 Å². The molecule has 2 saturated heterocycles. The van der Waals surface area contributed by atoms with E-state index in [1.807, 2.05) is 0 Å². The summed E-state index contributed by atoms with van der Waals surface area (Å²) < 4.78 is 5.68. The zero-order valence-electron chi connectivity index (χ0n) is 17.6. The van der Waals surface area contributed by atoms with Crippen molar-refractivity contribution in [3.63, 3.8) is 0 Å². The number of benzene rings is 1. The topological polar surface area (TPSA) is 52.1 Å². The number of piperazine rings is 1. The number of nitrogens with zero attached hydrogens (tertiary/aromatic N) is 3. The lowest BCUT2D eigenvalue weighted by Crippen LogP contribution is -2.47. The maximum atomic E-state index is 5.68. The smallest absolute Gasteiger partial charge is 0.191 e. The molecule has 6 nitrogen and oxygen atoms in total. The highest BCUT2D eigenvalue weighted by Gasteiger charge is 2.25. The van der Waals surface area contributed by atoms with Crippen LogP contribution in [0.1, 0.15) is 37.8 Å². The van der Waals surface area contributed by atoms with Crippen LogP contribution in [0, 0.1) is 0 Å². The summed E-state index contributed by atoms with van der Waals surface area (Å²) >= 11 is 0. The molecular weight excluding hydrogens is 350 g/mol. The molecule has 2 atom stereocenters. The van der Waals surface area contributed by atoms with E-state index in [9.17, 15) is 0 Å². The molecule has 0 aromatic heterocycles. The van der Waals surface area contributed by atoms with Gasteiger partial charge in [0.15, 0.2) is 5.96 Å². The molecule has 2 fully saturated rings. The van der Waals surface area contributed by atoms with E-state index in [2.05, 4.69) is 64.7 Å². The van der Waals surface area contributed by atoms with E-state index < -0.39 is 0 Å². The highest BCUT2D eigenvalue weighted by atomic mass is 16.5. The van der Waals surface area contributed by atoms with Gasteiger partial charge in [0.2, 0.25) is 0 Å². The third-order valence-electron chi connectivity index (χ3n) is 5.61. The third-order valence-corrected chi connectivity index (χ3v) is 5.61. The van der Waals surface area contributed by atoms with Crippen molar-refractivity contribution in [3.8, 4) is 0 Å². The van der Waals surface area contributed by atoms with Gasteiger partial charge in [0.1, 0.15) is 0 Å². The van der Waals surface area contributed by atoms with Crippen LogP contribution in [0.2, 0.25) is 0 Å². The van der Waals surface area contributed by atoms with Crippen LogP contribution >= 0.6 is 0 Å². The molecule has 3 rings (SSSR count). The van der Waals surface area contributed by atoms with E-state index in [0.29, 0.717) is 12.1 Å². The van der Waals surface area contributed by atoms with Gasteiger partial charge in [-0.05, 0) is 38.8 Å². The molecule has 2 unspecified atom stereocenters. The Morgan fingerprint density at radius 1 is 1.21 bits per heavy atom.